The lowest BCUT2D eigenvalue weighted by Crippen LogP contribution is -2.23. The summed E-state index contributed by atoms with van der Waals surface area (Å²) >= 11 is 1.15. The molecule has 1 heterocycles. The fraction of sp³-hybridized carbons (Fsp3) is 0.227. The van der Waals surface area contributed by atoms with Gasteiger partial charge in [0, 0.05) is 17.8 Å². The van der Waals surface area contributed by atoms with Crippen molar-refractivity contribution in [3.05, 3.63) is 82.7 Å². The average Bonchev–Trinajstić information content (AvgIpc) is 3.22. The standard InChI is InChI=1S/C22H24N2O3S2/c1-22(2,3)18-10-6-16(7-11-18)15-23-21(25)17-8-12-19(13-9-17)24-29(26,27)20-5-4-14-28-20/h4-14,24H,15H2,1-3H3,(H,23,25). The number of sulfonamides is 1. The second-order valence-corrected chi connectivity index (χ2v) is 10.6. The molecule has 0 aliphatic heterocycles. The molecule has 0 unspecified atom stereocenters. The summed E-state index contributed by atoms with van der Waals surface area (Å²) in [5.74, 6) is -0.211. The summed E-state index contributed by atoms with van der Waals surface area (Å²) in [6, 6.07) is 17.8. The molecule has 0 aliphatic carbocycles. The van der Waals surface area contributed by atoms with Gasteiger partial charge in [-0.05, 0) is 52.3 Å². The first-order valence-electron chi connectivity index (χ1n) is 9.19. The van der Waals surface area contributed by atoms with Gasteiger partial charge in [0.15, 0.2) is 0 Å². The van der Waals surface area contributed by atoms with Crippen LogP contribution in [0, 0.1) is 0 Å². The number of amides is 1. The molecule has 0 spiro atoms. The van der Waals surface area contributed by atoms with Gasteiger partial charge in [0.1, 0.15) is 4.21 Å². The molecule has 5 nitrogen and oxygen atoms in total. The molecule has 7 heteroatoms. The minimum absolute atomic E-state index is 0.0918. The van der Waals surface area contributed by atoms with Crippen molar-refractivity contribution in [1.82, 2.24) is 5.32 Å². The summed E-state index contributed by atoms with van der Waals surface area (Å²) in [5, 5.41) is 4.59. The molecular weight excluding hydrogens is 404 g/mol. The summed E-state index contributed by atoms with van der Waals surface area (Å²) in [4.78, 5) is 12.4. The largest absolute Gasteiger partial charge is 0.348 e. The Morgan fingerprint density at radius 1 is 0.966 bits per heavy atom. The van der Waals surface area contributed by atoms with Crippen LogP contribution in [0.1, 0.15) is 42.3 Å². The highest BCUT2D eigenvalue weighted by molar-refractivity contribution is 7.94. The third-order valence-corrected chi connectivity index (χ3v) is 7.21. The number of hydrogen-bond acceptors (Lipinski definition) is 4. The summed E-state index contributed by atoms with van der Waals surface area (Å²) < 4.78 is 27.3. The van der Waals surface area contributed by atoms with E-state index in [1.54, 1.807) is 41.8 Å². The number of benzene rings is 2. The van der Waals surface area contributed by atoms with Crippen molar-refractivity contribution in [2.45, 2.75) is 36.9 Å². The van der Waals surface area contributed by atoms with Gasteiger partial charge in [-0.3, -0.25) is 9.52 Å². The minimum Gasteiger partial charge on any atom is -0.348 e. The summed E-state index contributed by atoms with van der Waals surface area (Å²) in [6.45, 7) is 6.91. The van der Waals surface area contributed by atoms with E-state index in [1.165, 1.54) is 5.56 Å². The van der Waals surface area contributed by atoms with E-state index in [4.69, 9.17) is 0 Å². The molecule has 2 aromatic carbocycles. The highest BCUT2D eigenvalue weighted by atomic mass is 32.2. The molecule has 1 amide bonds. The van der Waals surface area contributed by atoms with E-state index in [0.29, 0.717) is 17.8 Å². The van der Waals surface area contributed by atoms with Crippen molar-refractivity contribution in [2.24, 2.45) is 0 Å². The van der Waals surface area contributed by atoms with Gasteiger partial charge in [0.2, 0.25) is 0 Å². The average molecular weight is 429 g/mol. The molecule has 152 valence electrons. The maximum Gasteiger partial charge on any atom is 0.271 e. The van der Waals surface area contributed by atoms with Crippen molar-refractivity contribution < 1.29 is 13.2 Å². The number of rotatable bonds is 6. The van der Waals surface area contributed by atoms with Crippen LogP contribution in [-0.2, 0) is 22.0 Å². The maximum atomic E-state index is 12.4. The number of carbonyl (C=O) groups is 1. The van der Waals surface area contributed by atoms with E-state index in [-0.39, 0.29) is 15.5 Å². The molecule has 0 atom stereocenters. The monoisotopic (exact) mass is 428 g/mol. The highest BCUT2D eigenvalue weighted by Gasteiger charge is 2.16. The molecule has 0 radical (unpaired) electrons. The van der Waals surface area contributed by atoms with Gasteiger partial charge in [0.05, 0.1) is 0 Å². The van der Waals surface area contributed by atoms with Crippen LogP contribution in [0.4, 0.5) is 5.69 Å². The lowest BCUT2D eigenvalue weighted by Gasteiger charge is -2.19. The minimum atomic E-state index is -3.60. The zero-order chi connectivity index (χ0) is 21.1. The van der Waals surface area contributed by atoms with E-state index >= 15 is 0 Å². The smallest absolute Gasteiger partial charge is 0.271 e. The Balaban J connectivity index is 1.59. The maximum absolute atomic E-state index is 12.4. The predicted molar refractivity (Wildman–Crippen MR) is 118 cm³/mol. The Morgan fingerprint density at radius 2 is 1.62 bits per heavy atom. The first kappa shape index (κ1) is 21.1. The third-order valence-electron chi connectivity index (χ3n) is 4.43. The molecule has 0 bridgehead atoms. The van der Waals surface area contributed by atoms with E-state index in [9.17, 15) is 13.2 Å². The van der Waals surface area contributed by atoms with Crippen molar-refractivity contribution in [1.29, 1.82) is 0 Å². The van der Waals surface area contributed by atoms with Gasteiger partial charge >= 0.3 is 0 Å². The molecule has 29 heavy (non-hydrogen) atoms. The quantitative estimate of drug-likeness (QED) is 0.593. The third kappa shape index (κ3) is 5.46. The highest BCUT2D eigenvalue weighted by Crippen LogP contribution is 2.22. The van der Waals surface area contributed by atoms with Crippen LogP contribution in [0.2, 0.25) is 0 Å². The molecule has 0 saturated heterocycles. The van der Waals surface area contributed by atoms with Crippen molar-refractivity contribution in [3.8, 4) is 0 Å². The van der Waals surface area contributed by atoms with Crippen LogP contribution >= 0.6 is 11.3 Å². The zero-order valence-corrected chi connectivity index (χ0v) is 18.2. The Kier molecular flexibility index (Phi) is 6.10. The van der Waals surface area contributed by atoms with Crippen LogP contribution in [0.3, 0.4) is 0 Å². The Hall–Kier alpha value is -2.64. The molecule has 2 N–H and O–H groups in total. The summed E-state index contributed by atoms with van der Waals surface area (Å²) in [7, 11) is -3.60. The molecule has 1 aromatic heterocycles. The van der Waals surface area contributed by atoms with Crippen LogP contribution in [-0.4, -0.2) is 14.3 Å². The molecule has 0 aliphatic rings. The molecule has 0 fully saturated rings. The second kappa shape index (κ2) is 8.39. The lowest BCUT2D eigenvalue weighted by molar-refractivity contribution is 0.0951. The molecule has 3 rings (SSSR count). The van der Waals surface area contributed by atoms with Crippen molar-refractivity contribution >= 4 is 33.0 Å². The number of anilines is 1. The van der Waals surface area contributed by atoms with Gasteiger partial charge in [-0.15, -0.1) is 11.3 Å². The lowest BCUT2D eigenvalue weighted by atomic mass is 9.87. The predicted octanol–water partition coefficient (Wildman–Crippen LogP) is 4.78. The number of nitrogens with one attached hydrogen (secondary N) is 2. The Labute approximate surface area is 175 Å². The first-order chi connectivity index (χ1) is 13.6. The summed E-state index contributed by atoms with van der Waals surface area (Å²) in [5.41, 5.74) is 3.23. The second-order valence-electron chi connectivity index (χ2n) is 7.74. The normalized spacial score (nSPS) is 11.8. The summed E-state index contributed by atoms with van der Waals surface area (Å²) in [6.07, 6.45) is 0. The fourth-order valence-electron chi connectivity index (χ4n) is 2.72. The van der Waals surface area contributed by atoms with Crippen LogP contribution in [0.25, 0.3) is 0 Å². The number of carbonyl (C=O) groups excluding carboxylic acids is 1. The fourth-order valence-corrected chi connectivity index (χ4v) is 4.77. The Bertz CT molecular complexity index is 1060. The Morgan fingerprint density at radius 3 is 2.17 bits per heavy atom. The van der Waals surface area contributed by atoms with Gasteiger partial charge in [0.25, 0.3) is 15.9 Å². The topological polar surface area (TPSA) is 75.3 Å². The molecule has 0 saturated carbocycles. The number of thiophene rings is 1. The van der Waals surface area contributed by atoms with Crippen LogP contribution in [0.5, 0.6) is 0 Å². The number of hydrogen-bond donors (Lipinski definition) is 2. The van der Waals surface area contributed by atoms with Gasteiger partial charge in [-0.2, -0.15) is 0 Å². The van der Waals surface area contributed by atoms with Crippen LogP contribution < -0.4 is 10.0 Å². The van der Waals surface area contributed by atoms with Gasteiger partial charge in [-0.25, -0.2) is 8.42 Å². The molecule has 3 aromatic rings. The first-order valence-corrected chi connectivity index (χ1v) is 11.6. The van der Waals surface area contributed by atoms with E-state index in [1.807, 2.05) is 12.1 Å². The zero-order valence-electron chi connectivity index (χ0n) is 16.6. The SMILES string of the molecule is CC(C)(C)c1ccc(CNC(=O)c2ccc(NS(=O)(=O)c3cccs3)cc2)cc1. The van der Waals surface area contributed by atoms with E-state index < -0.39 is 10.0 Å². The van der Waals surface area contributed by atoms with E-state index in [0.717, 1.165) is 16.9 Å². The van der Waals surface area contributed by atoms with E-state index in [2.05, 4.69) is 42.9 Å². The van der Waals surface area contributed by atoms with Gasteiger partial charge < -0.3 is 5.32 Å². The molecular formula is C22H24N2O3S2. The van der Waals surface area contributed by atoms with Gasteiger partial charge in [-0.1, -0.05) is 51.1 Å². The van der Waals surface area contributed by atoms with Crippen molar-refractivity contribution in [2.75, 3.05) is 4.72 Å². The van der Waals surface area contributed by atoms with Crippen LogP contribution in [0.15, 0.2) is 70.3 Å². The van der Waals surface area contributed by atoms with Crippen molar-refractivity contribution in [3.63, 3.8) is 0 Å².